The fourth-order valence-electron chi connectivity index (χ4n) is 2.11. The zero-order valence-electron chi connectivity index (χ0n) is 11.4. The van der Waals surface area contributed by atoms with Crippen LogP contribution in [0.4, 0.5) is 5.82 Å². The minimum atomic E-state index is -1.02. The average molecular weight is 286 g/mol. The quantitative estimate of drug-likeness (QED) is 0.720. The molecule has 3 rings (SSSR count). The summed E-state index contributed by atoms with van der Waals surface area (Å²) in [5.41, 5.74) is 0.716. The molecule has 21 heavy (non-hydrogen) atoms. The van der Waals surface area contributed by atoms with Gasteiger partial charge < -0.3 is 10.4 Å². The second kappa shape index (κ2) is 5.23. The highest BCUT2D eigenvalue weighted by molar-refractivity contribution is 5.92. The SMILES string of the molecule is Cn1cnc(CCNc2nc3ccccn3c2C(=O)O)n1. The van der Waals surface area contributed by atoms with Gasteiger partial charge in [-0.3, -0.25) is 9.08 Å². The number of hydrogen-bond acceptors (Lipinski definition) is 5. The standard InChI is InChI=1S/C13H14N6O2/c1-18-8-15-9(17-18)5-6-14-12-11(13(20)21)19-7-3-2-4-10(19)16-12/h2-4,7-8,14H,5-6H2,1H3,(H,20,21). The summed E-state index contributed by atoms with van der Waals surface area (Å²) in [6.07, 6.45) is 3.90. The fraction of sp³-hybridized carbons (Fsp3) is 0.231. The van der Waals surface area contributed by atoms with E-state index in [-0.39, 0.29) is 5.69 Å². The van der Waals surface area contributed by atoms with E-state index in [1.807, 2.05) is 6.07 Å². The Hall–Kier alpha value is -2.90. The highest BCUT2D eigenvalue weighted by Gasteiger charge is 2.17. The van der Waals surface area contributed by atoms with Crippen molar-refractivity contribution in [3.63, 3.8) is 0 Å². The molecule has 2 N–H and O–H groups in total. The van der Waals surface area contributed by atoms with Crippen molar-refractivity contribution in [2.24, 2.45) is 7.05 Å². The zero-order valence-corrected chi connectivity index (χ0v) is 11.4. The monoisotopic (exact) mass is 286 g/mol. The zero-order chi connectivity index (χ0) is 14.8. The number of carboxylic acid groups (broad SMARTS) is 1. The van der Waals surface area contributed by atoms with E-state index in [1.54, 1.807) is 40.8 Å². The Morgan fingerprint density at radius 3 is 3.00 bits per heavy atom. The van der Waals surface area contributed by atoms with E-state index in [4.69, 9.17) is 0 Å². The number of aromatic carboxylic acids is 1. The van der Waals surface area contributed by atoms with Gasteiger partial charge in [0, 0.05) is 26.2 Å². The third-order valence-electron chi connectivity index (χ3n) is 3.02. The van der Waals surface area contributed by atoms with Crippen molar-refractivity contribution in [2.75, 3.05) is 11.9 Å². The van der Waals surface area contributed by atoms with Gasteiger partial charge >= 0.3 is 5.97 Å². The normalized spacial score (nSPS) is 10.9. The second-order valence-corrected chi connectivity index (χ2v) is 4.55. The van der Waals surface area contributed by atoms with Crippen LogP contribution in [0.3, 0.4) is 0 Å². The molecule has 0 amide bonds. The lowest BCUT2D eigenvalue weighted by atomic mass is 10.3. The van der Waals surface area contributed by atoms with Gasteiger partial charge in [0.2, 0.25) is 0 Å². The number of nitrogens with one attached hydrogen (secondary N) is 1. The van der Waals surface area contributed by atoms with Crippen LogP contribution in [-0.4, -0.2) is 41.8 Å². The molecule has 0 fully saturated rings. The minimum absolute atomic E-state index is 0.125. The molecule has 8 nitrogen and oxygen atoms in total. The van der Waals surface area contributed by atoms with Crippen molar-refractivity contribution in [3.05, 3.63) is 42.2 Å². The van der Waals surface area contributed by atoms with Gasteiger partial charge in [-0.1, -0.05) is 6.07 Å². The Bertz CT molecular complexity index is 791. The molecular formula is C13H14N6O2. The van der Waals surface area contributed by atoms with E-state index >= 15 is 0 Å². The number of imidazole rings is 1. The predicted molar refractivity (Wildman–Crippen MR) is 75.3 cm³/mol. The number of fused-ring (bicyclic) bond motifs is 1. The summed E-state index contributed by atoms with van der Waals surface area (Å²) in [5, 5.41) is 16.5. The van der Waals surface area contributed by atoms with E-state index in [2.05, 4.69) is 20.4 Å². The third-order valence-corrected chi connectivity index (χ3v) is 3.02. The maximum atomic E-state index is 11.4. The number of aryl methyl sites for hydroxylation is 1. The molecule has 0 bridgehead atoms. The molecule has 3 aromatic heterocycles. The number of rotatable bonds is 5. The van der Waals surface area contributed by atoms with Crippen LogP contribution in [0.5, 0.6) is 0 Å². The summed E-state index contributed by atoms with van der Waals surface area (Å²) in [4.78, 5) is 19.8. The largest absolute Gasteiger partial charge is 0.476 e. The lowest BCUT2D eigenvalue weighted by Crippen LogP contribution is -2.11. The summed E-state index contributed by atoms with van der Waals surface area (Å²) in [5.74, 6) is 0.0300. The average Bonchev–Trinajstić information content (AvgIpc) is 3.02. The topological polar surface area (TPSA) is 97.3 Å². The van der Waals surface area contributed by atoms with Gasteiger partial charge in [0.1, 0.15) is 12.0 Å². The van der Waals surface area contributed by atoms with Crippen LogP contribution in [0.1, 0.15) is 16.3 Å². The molecule has 0 radical (unpaired) electrons. The van der Waals surface area contributed by atoms with Crippen molar-refractivity contribution in [1.82, 2.24) is 24.1 Å². The maximum absolute atomic E-state index is 11.4. The number of aromatic nitrogens is 5. The van der Waals surface area contributed by atoms with Gasteiger partial charge in [0.05, 0.1) is 0 Å². The number of hydrogen-bond donors (Lipinski definition) is 2. The molecule has 0 saturated heterocycles. The molecule has 0 atom stereocenters. The molecule has 0 aliphatic heterocycles. The molecule has 3 aromatic rings. The molecule has 0 spiro atoms. The highest BCUT2D eigenvalue weighted by atomic mass is 16.4. The first-order valence-electron chi connectivity index (χ1n) is 6.44. The lowest BCUT2D eigenvalue weighted by molar-refractivity contribution is 0.0690. The van der Waals surface area contributed by atoms with Crippen molar-refractivity contribution in [2.45, 2.75) is 6.42 Å². The van der Waals surface area contributed by atoms with Gasteiger partial charge in [-0.15, -0.1) is 0 Å². The highest BCUT2D eigenvalue weighted by Crippen LogP contribution is 2.17. The van der Waals surface area contributed by atoms with E-state index in [0.717, 1.165) is 0 Å². The van der Waals surface area contributed by atoms with E-state index in [1.165, 1.54) is 0 Å². The summed E-state index contributed by atoms with van der Waals surface area (Å²) >= 11 is 0. The Morgan fingerprint density at radius 1 is 1.43 bits per heavy atom. The van der Waals surface area contributed by atoms with Gasteiger partial charge in [-0.05, 0) is 12.1 Å². The molecule has 0 unspecified atom stereocenters. The Morgan fingerprint density at radius 2 is 2.29 bits per heavy atom. The van der Waals surface area contributed by atoms with Gasteiger partial charge in [-0.25, -0.2) is 14.8 Å². The first-order valence-corrected chi connectivity index (χ1v) is 6.44. The smallest absolute Gasteiger partial charge is 0.356 e. The van der Waals surface area contributed by atoms with Crippen LogP contribution in [0.25, 0.3) is 5.65 Å². The molecule has 0 aromatic carbocycles. The minimum Gasteiger partial charge on any atom is -0.476 e. The first kappa shape index (κ1) is 13.1. The van der Waals surface area contributed by atoms with Gasteiger partial charge in [0.25, 0.3) is 0 Å². The summed E-state index contributed by atoms with van der Waals surface area (Å²) in [6.45, 7) is 0.508. The second-order valence-electron chi connectivity index (χ2n) is 4.55. The van der Waals surface area contributed by atoms with Gasteiger partial charge in [0.15, 0.2) is 17.3 Å². The van der Waals surface area contributed by atoms with Crippen LogP contribution in [-0.2, 0) is 13.5 Å². The summed E-state index contributed by atoms with van der Waals surface area (Å²) in [6, 6.07) is 5.34. The third kappa shape index (κ3) is 2.55. The predicted octanol–water partition coefficient (Wildman–Crippen LogP) is 0.816. The number of carboxylic acids is 1. The Balaban J connectivity index is 1.80. The summed E-state index contributed by atoms with van der Waals surface area (Å²) in [7, 11) is 1.80. The fourth-order valence-corrected chi connectivity index (χ4v) is 2.11. The molecule has 0 aliphatic carbocycles. The maximum Gasteiger partial charge on any atom is 0.356 e. The van der Waals surface area contributed by atoms with Crippen molar-refractivity contribution < 1.29 is 9.90 Å². The Labute approximate surface area is 120 Å². The molecule has 0 aliphatic rings. The molecule has 8 heteroatoms. The molecule has 108 valence electrons. The van der Waals surface area contributed by atoms with Crippen LogP contribution < -0.4 is 5.32 Å². The van der Waals surface area contributed by atoms with Crippen molar-refractivity contribution in [1.29, 1.82) is 0 Å². The van der Waals surface area contributed by atoms with Gasteiger partial charge in [-0.2, -0.15) is 5.10 Å². The number of anilines is 1. The van der Waals surface area contributed by atoms with Crippen molar-refractivity contribution >= 4 is 17.4 Å². The van der Waals surface area contributed by atoms with E-state index < -0.39 is 5.97 Å². The number of pyridine rings is 1. The summed E-state index contributed by atoms with van der Waals surface area (Å²) < 4.78 is 3.17. The van der Waals surface area contributed by atoms with Crippen LogP contribution in [0, 0.1) is 0 Å². The first-order chi connectivity index (χ1) is 10.1. The lowest BCUT2D eigenvalue weighted by Gasteiger charge is -2.02. The molecule has 0 saturated carbocycles. The van der Waals surface area contributed by atoms with Crippen molar-refractivity contribution in [3.8, 4) is 0 Å². The number of carbonyl (C=O) groups is 1. The van der Waals surface area contributed by atoms with Crippen LogP contribution in [0.2, 0.25) is 0 Å². The molecular weight excluding hydrogens is 272 g/mol. The van der Waals surface area contributed by atoms with Crippen LogP contribution in [0.15, 0.2) is 30.7 Å². The molecule has 3 heterocycles. The van der Waals surface area contributed by atoms with E-state index in [9.17, 15) is 9.90 Å². The van der Waals surface area contributed by atoms with E-state index in [0.29, 0.717) is 30.3 Å². The Kier molecular flexibility index (Phi) is 3.27. The number of nitrogens with zero attached hydrogens (tertiary/aromatic N) is 5. The van der Waals surface area contributed by atoms with Crippen LogP contribution >= 0.6 is 0 Å².